The van der Waals surface area contributed by atoms with Crippen molar-refractivity contribution in [3.8, 4) is 17.5 Å². The smallest absolute Gasteiger partial charge is 0.234 e. The Labute approximate surface area is 185 Å². The minimum Gasteiger partial charge on any atom is -0.335 e. The van der Waals surface area contributed by atoms with E-state index in [1.807, 2.05) is 18.2 Å². The minimum atomic E-state index is -0.228. The molecule has 1 aromatic heterocycles. The van der Waals surface area contributed by atoms with Crippen molar-refractivity contribution in [1.29, 1.82) is 5.26 Å². The Balaban J connectivity index is 1.66. The van der Waals surface area contributed by atoms with Crippen molar-refractivity contribution in [2.45, 2.75) is 10.1 Å². The summed E-state index contributed by atoms with van der Waals surface area (Å²) in [6, 6.07) is 14.4. The average Bonchev–Trinajstić information content (AvgIpc) is 3.06. The van der Waals surface area contributed by atoms with E-state index in [1.165, 1.54) is 16.4 Å². The first-order valence-corrected chi connectivity index (χ1v) is 10.9. The number of carbonyl (C=O) groups excluding carboxylic acids is 1. The number of hydrogen-bond donors (Lipinski definition) is 2. The standard InChI is InChI=1S/C18H14Cl2N6OS2/c19-11-5-6-12(13(20)9-11)17-24-25-18(26(17)22)29-10-16(27)23-14-3-1-2-4-15(14)28-8-7-21/h1-6,9H,8,10,22H2,(H,23,27). The summed E-state index contributed by atoms with van der Waals surface area (Å²) in [5, 5.41) is 20.9. The van der Waals surface area contributed by atoms with Crippen LogP contribution in [-0.4, -0.2) is 32.3 Å². The topological polar surface area (TPSA) is 110 Å². The number of nitrogens with one attached hydrogen (secondary N) is 1. The Kier molecular flexibility index (Phi) is 7.28. The molecular formula is C18H14Cl2N6OS2. The van der Waals surface area contributed by atoms with Gasteiger partial charge in [-0.15, -0.1) is 22.0 Å². The van der Waals surface area contributed by atoms with E-state index in [0.29, 0.717) is 38.0 Å². The summed E-state index contributed by atoms with van der Waals surface area (Å²) in [6.45, 7) is 0. The van der Waals surface area contributed by atoms with Crippen LogP contribution in [0.15, 0.2) is 52.5 Å². The van der Waals surface area contributed by atoms with Crippen molar-refractivity contribution < 1.29 is 4.79 Å². The third-order valence-electron chi connectivity index (χ3n) is 3.62. The van der Waals surface area contributed by atoms with Gasteiger partial charge in [0.05, 0.1) is 28.3 Å². The highest BCUT2D eigenvalue weighted by Crippen LogP contribution is 2.30. The average molecular weight is 465 g/mol. The summed E-state index contributed by atoms with van der Waals surface area (Å²) in [6.07, 6.45) is 0. The Hall–Kier alpha value is -2.38. The number of rotatable bonds is 7. The number of nitrogens with two attached hydrogens (primary N) is 1. The summed E-state index contributed by atoms with van der Waals surface area (Å²) in [5.74, 6) is 6.60. The number of thioether (sulfide) groups is 2. The second-order valence-electron chi connectivity index (χ2n) is 5.58. The molecule has 3 aromatic rings. The van der Waals surface area contributed by atoms with Gasteiger partial charge in [0.25, 0.3) is 0 Å². The number of para-hydroxylation sites is 1. The van der Waals surface area contributed by atoms with Gasteiger partial charge in [-0.2, -0.15) is 5.26 Å². The second kappa shape index (κ2) is 9.89. The van der Waals surface area contributed by atoms with Crippen molar-refractivity contribution in [1.82, 2.24) is 14.9 Å². The highest BCUT2D eigenvalue weighted by molar-refractivity contribution is 8.00. The lowest BCUT2D eigenvalue weighted by Crippen LogP contribution is -2.16. The van der Waals surface area contributed by atoms with Gasteiger partial charge in [-0.05, 0) is 30.3 Å². The van der Waals surface area contributed by atoms with Crippen LogP contribution in [0.4, 0.5) is 5.69 Å². The highest BCUT2D eigenvalue weighted by Gasteiger charge is 2.16. The molecular weight excluding hydrogens is 451 g/mol. The first kappa shape index (κ1) is 21.3. The molecule has 3 N–H and O–H groups in total. The Morgan fingerprint density at radius 2 is 2.00 bits per heavy atom. The molecule has 1 heterocycles. The van der Waals surface area contributed by atoms with Gasteiger partial charge in [0, 0.05) is 15.5 Å². The van der Waals surface area contributed by atoms with Gasteiger partial charge < -0.3 is 11.2 Å². The molecule has 0 radical (unpaired) electrons. The van der Waals surface area contributed by atoms with E-state index in [0.717, 1.165) is 16.7 Å². The Morgan fingerprint density at radius 1 is 1.21 bits per heavy atom. The van der Waals surface area contributed by atoms with Crippen LogP contribution >= 0.6 is 46.7 Å². The maximum Gasteiger partial charge on any atom is 0.234 e. The summed E-state index contributed by atoms with van der Waals surface area (Å²) in [5.41, 5.74) is 1.24. The largest absolute Gasteiger partial charge is 0.335 e. The van der Waals surface area contributed by atoms with Crippen LogP contribution in [0.1, 0.15) is 0 Å². The Morgan fingerprint density at radius 3 is 2.76 bits per heavy atom. The molecule has 11 heteroatoms. The number of carbonyl (C=O) groups is 1. The maximum absolute atomic E-state index is 12.4. The first-order chi connectivity index (χ1) is 14.0. The van der Waals surface area contributed by atoms with Crippen LogP contribution in [0.5, 0.6) is 0 Å². The number of benzene rings is 2. The molecule has 2 aromatic carbocycles. The van der Waals surface area contributed by atoms with Crippen molar-refractivity contribution in [2.75, 3.05) is 22.7 Å². The van der Waals surface area contributed by atoms with Crippen LogP contribution < -0.4 is 11.2 Å². The number of nitrogens with zero attached hydrogens (tertiary/aromatic N) is 4. The van der Waals surface area contributed by atoms with Crippen LogP contribution in [0.25, 0.3) is 11.4 Å². The van der Waals surface area contributed by atoms with Crippen LogP contribution in [0.2, 0.25) is 10.0 Å². The zero-order chi connectivity index (χ0) is 20.8. The number of nitrogen functional groups attached to an aromatic ring is 1. The number of halogens is 2. The van der Waals surface area contributed by atoms with Gasteiger partial charge in [-0.3, -0.25) is 4.79 Å². The molecule has 7 nitrogen and oxygen atoms in total. The van der Waals surface area contributed by atoms with Gasteiger partial charge in [-0.1, -0.05) is 47.1 Å². The summed E-state index contributed by atoms with van der Waals surface area (Å²) < 4.78 is 1.28. The third kappa shape index (κ3) is 5.36. The normalized spacial score (nSPS) is 10.5. The van der Waals surface area contributed by atoms with Crippen LogP contribution in [-0.2, 0) is 4.79 Å². The summed E-state index contributed by atoms with van der Waals surface area (Å²) in [7, 11) is 0. The fourth-order valence-corrected chi connectivity index (χ4v) is 4.17. The zero-order valence-corrected chi connectivity index (χ0v) is 17.9. The first-order valence-electron chi connectivity index (χ1n) is 8.17. The number of nitriles is 1. The minimum absolute atomic E-state index is 0.0843. The zero-order valence-electron chi connectivity index (χ0n) is 14.8. The molecule has 148 valence electrons. The predicted molar refractivity (Wildman–Crippen MR) is 118 cm³/mol. The monoisotopic (exact) mass is 464 g/mol. The van der Waals surface area contributed by atoms with Crippen LogP contribution in [0.3, 0.4) is 0 Å². The summed E-state index contributed by atoms with van der Waals surface area (Å²) >= 11 is 14.6. The molecule has 0 saturated heterocycles. The molecule has 1 amide bonds. The molecule has 0 bridgehead atoms. The van der Waals surface area contributed by atoms with E-state index in [9.17, 15) is 4.79 Å². The number of hydrogen-bond acceptors (Lipinski definition) is 7. The lowest BCUT2D eigenvalue weighted by atomic mass is 10.2. The van der Waals surface area contributed by atoms with Gasteiger partial charge in [0.1, 0.15) is 0 Å². The molecule has 3 rings (SSSR count). The van der Waals surface area contributed by atoms with E-state index in [1.54, 1.807) is 24.3 Å². The second-order valence-corrected chi connectivity index (χ2v) is 8.38. The third-order valence-corrected chi connectivity index (χ3v) is 6.05. The molecule has 0 fully saturated rings. The van der Waals surface area contributed by atoms with Gasteiger partial charge in [-0.25, -0.2) is 4.68 Å². The molecule has 0 aliphatic heterocycles. The lowest BCUT2D eigenvalue weighted by Gasteiger charge is -2.09. The number of aromatic nitrogens is 3. The molecule has 0 atom stereocenters. The highest BCUT2D eigenvalue weighted by atomic mass is 35.5. The number of anilines is 1. The van der Waals surface area contributed by atoms with Crippen molar-refractivity contribution in [2.24, 2.45) is 0 Å². The molecule has 29 heavy (non-hydrogen) atoms. The number of amides is 1. The van der Waals surface area contributed by atoms with E-state index >= 15 is 0 Å². The van der Waals surface area contributed by atoms with Crippen molar-refractivity contribution in [3.63, 3.8) is 0 Å². The van der Waals surface area contributed by atoms with Gasteiger partial charge in [0.2, 0.25) is 11.1 Å². The van der Waals surface area contributed by atoms with Crippen LogP contribution in [0, 0.1) is 11.3 Å². The molecule has 0 spiro atoms. The van der Waals surface area contributed by atoms with E-state index in [2.05, 4.69) is 21.6 Å². The van der Waals surface area contributed by atoms with E-state index in [-0.39, 0.29) is 11.7 Å². The van der Waals surface area contributed by atoms with Crippen molar-refractivity contribution in [3.05, 3.63) is 52.5 Å². The van der Waals surface area contributed by atoms with Crippen molar-refractivity contribution >= 4 is 58.3 Å². The molecule has 0 saturated carbocycles. The summed E-state index contributed by atoms with van der Waals surface area (Å²) in [4.78, 5) is 13.2. The van der Waals surface area contributed by atoms with Gasteiger partial charge in [0.15, 0.2) is 5.82 Å². The Bertz CT molecular complexity index is 1080. The predicted octanol–water partition coefficient (Wildman–Crippen LogP) is 4.31. The molecule has 0 unspecified atom stereocenters. The lowest BCUT2D eigenvalue weighted by molar-refractivity contribution is -0.113. The quantitative estimate of drug-likeness (QED) is 0.395. The maximum atomic E-state index is 12.4. The molecule has 0 aliphatic rings. The van der Waals surface area contributed by atoms with E-state index < -0.39 is 0 Å². The van der Waals surface area contributed by atoms with E-state index in [4.69, 9.17) is 34.3 Å². The fraction of sp³-hybridized carbons (Fsp3) is 0.111. The molecule has 0 aliphatic carbocycles. The SMILES string of the molecule is N#CCSc1ccccc1NC(=O)CSc1nnc(-c2ccc(Cl)cc2Cl)n1N. The van der Waals surface area contributed by atoms with Gasteiger partial charge >= 0.3 is 0 Å². The fourth-order valence-electron chi connectivity index (χ4n) is 2.35.